The number of nitrogens with zero attached hydrogens (tertiary/aromatic N) is 4. The Morgan fingerprint density at radius 3 is 2.67 bits per heavy atom. The van der Waals surface area contributed by atoms with Crippen molar-refractivity contribution in [2.75, 3.05) is 0 Å². The number of hydrazine groups is 1. The van der Waals surface area contributed by atoms with E-state index < -0.39 is 0 Å². The Hall–Kier alpha value is -3.94. The van der Waals surface area contributed by atoms with Gasteiger partial charge in [0.2, 0.25) is 5.82 Å². The molecule has 0 atom stereocenters. The fourth-order valence-corrected chi connectivity index (χ4v) is 2.52. The molecule has 0 aliphatic heterocycles. The van der Waals surface area contributed by atoms with Crippen LogP contribution < -0.4 is 10.9 Å². The van der Waals surface area contributed by atoms with Crippen LogP contribution in [0.1, 0.15) is 5.76 Å². The Morgan fingerprint density at radius 2 is 1.85 bits per heavy atom. The second-order valence-corrected chi connectivity index (χ2v) is 5.81. The Kier molecular flexibility index (Phi) is 4.36. The first kappa shape index (κ1) is 16.5. The summed E-state index contributed by atoms with van der Waals surface area (Å²) >= 11 is 0. The summed E-state index contributed by atoms with van der Waals surface area (Å²) in [5, 5.41) is 13.0. The number of carbonyl (C=O) groups is 1. The van der Waals surface area contributed by atoms with E-state index in [1.807, 2.05) is 60.7 Å². The highest BCUT2D eigenvalue weighted by Crippen LogP contribution is 2.22. The molecule has 2 aromatic carbocycles. The lowest BCUT2D eigenvalue weighted by molar-refractivity contribution is -0.122. The summed E-state index contributed by atoms with van der Waals surface area (Å²) < 4.78 is 5.68. The lowest BCUT2D eigenvalue weighted by atomic mass is 10.2. The third-order valence-electron chi connectivity index (χ3n) is 3.85. The Labute approximate surface area is 154 Å². The summed E-state index contributed by atoms with van der Waals surface area (Å²) in [4.78, 5) is 13.3. The number of hydrogen-bond donors (Lipinski definition) is 2. The van der Waals surface area contributed by atoms with Gasteiger partial charge in [-0.3, -0.25) is 15.6 Å². The molecule has 4 rings (SSSR count). The van der Waals surface area contributed by atoms with Crippen LogP contribution in [0, 0.1) is 0 Å². The topological polar surface area (TPSA) is 97.9 Å². The van der Waals surface area contributed by atoms with Crippen LogP contribution in [0.25, 0.3) is 28.1 Å². The van der Waals surface area contributed by atoms with Crippen molar-refractivity contribution in [1.82, 2.24) is 31.1 Å². The summed E-state index contributed by atoms with van der Waals surface area (Å²) in [5.74, 6) is 0.661. The first-order valence-electron chi connectivity index (χ1n) is 8.25. The zero-order valence-corrected chi connectivity index (χ0v) is 14.3. The van der Waals surface area contributed by atoms with Crippen LogP contribution in [-0.2, 0) is 11.3 Å². The van der Waals surface area contributed by atoms with E-state index >= 15 is 0 Å². The van der Waals surface area contributed by atoms with Gasteiger partial charge in [-0.15, -0.1) is 10.2 Å². The number of furan rings is 1. The van der Waals surface area contributed by atoms with Gasteiger partial charge in [0.15, 0.2) is 5.76 Å². The minimum absolute atomic E-state index is 0.0831. The molecular formula is C19H16N6O2. The van der Waals surface area contributed by atoms with Crippen LogP contribution in [0.4, 0.5) is 0 Å². The molecule has 2 heterocycles. The van der Waals surface area contributed by atoms with Crippen LogP contribution in [0.2, 0.25) is 0 Å². The predicted molar refractivity (Wildman–Crippen MR) is 99.8 cm³/mol. The second-order valence-electron chi connectivity index (χ2n) is 5.81. The summed E-state index contributed by atoms with van der Waals surface area (Å²) in [7, 11) is 0. The van der Waals surface area contributed by atoms with Crippen LogP contribution in [0.5, 0.6) is 0 Å². The Morgan fingerprint density at radius 1 is 1.07 bits per heavy atom. The van der Waals surface area contributed by atoms with Crippen molar-refractivity contribution in [2.45, 2.75) is 6.54 Å². The highest BCUT2D eigenvalue weighted by Gasteiger charge is 2.11. The van der Waals surface area contributed by atoms with E-state index in [0.717, 1.165) is 16.5 Å². The second kappa shape index (κ2) is 7.12. The van der Waals surface area contributed by atoms with Crippen molar-refractivity contribution < 1.29 is 9.21 Å². The van der Waals surface area contributed by atoms with Crippen LogP contribution in [-0.4, -0.2) is 26.1 Å². The highest BCUT2D eigenvalue weighted by atomic mass is 16.3. The zero-order chi connectivity index (χ0) is 18.6. The fraction of sp³-hybridized carbons (Fsp3) is 0.0526. The van der Waals surface area contributed by atoms with Gasteiger partial charge in [-0.05, 0) is 17.3 Å². The molecule has 2 N–H and O–H groups in total. The van der Waals surface area contributed by atoms with E-state index in [9.17, 15) is 4.79 Å². The van der Waals surface area contributed by atoms with Crippen molar-refractivity contribution in [3.8, 4) is 11.4 Å². The molecule has 0 saturated carbocycles. The average molecular weight is 360 g/mol. The maximum Gasteiger partial charge on any atom is 0.261 e. The van der Waals surface area contributed by atoms with E-state index in [1.54, 1.807) is 0 Å². The number of carbonyl (C=O) groups excluding carboxylic acids is 1. The van der Waals surface area contributed by atoms with Crippen LogP contribution >= 0.6 is 0 Å². The van der Waals surface area contributed by atoms with E-state index in [1.165, 1.54) is 4.80 Å². The standard InChI is InChI=1S/C19H16N6O2/c1-13(17-11-15-9-5-6-10-16(15)27-17)20-21-18(26)12-25-23-19(22-24-25)14-7-3-2-4-8-14/h2-11,20H,1,12H2,(H,21,26). The van der Waals surface area contributed by atoms with Crippen molar-refractivity contribution in [1.29, 1.82) is 0 Å². The largest absolute Gasteiger partial charge is 0.454 e. The molecule has 0 unspecified atom stereocenters. The maximum atomic E-state index is 12.1. The minimum atomic E-state index is -0.343. The number of amides is 1. The summed E-state index contributed by atoms with van der Waals surface area (Å²) in [6.45, 7) is 3.79. The lowest BCUT2D eigenvalue weighted by Crippen LogP contribution is -2.38. The minimum Gasteiger partial charge on any atom is -0.454 e. The fourth-order valence-electron chi connectivity index (χ4n) is 2.52. The zero-order valence-electron chi connectivity index (χ0n) is 14.3. The van der Waals surface area contributed by atoms with Gasteiger partial charge in [0.1, 0.15) is 12.1 Å². The molecule has 0 fully saturated rings. The van der Waals surface area contributed by atoms with Crippen molar-refractivity contribution in [3.05, 3.63) is 73.0 Å². The van der Waals surface area contributed by atoms with E-state index in [-0.39, 0.29) is 12.5 Å². The van der Waals surface area contributed by atoms with Gasteiger partial charge < -0.3 is 4.42 Å². The summed E-state index contributed by atoms with van der Waals surface area (Å²) in [6, 6.07) is 18.9. The normalized spacial score (nSPS) is 10.7. The van der Waals surface area contributed by atoms with Crippen LogP contribution in [0.15, 0.2) is 71.7 Å². The van der Waals surface area contributed by atoms with E-state index in [4.69, 9.17) is 4.42 Å². The number of para-hydroxylation sites is 1. The molecule has 0 radical (unpaired) electrons. The summed E-state index contributed by atoms with van der Waals surface area (Å²) in [5.41, 5.74) is 7.31. The number of fused-ring (bicyclic) bond motifs is 1. The average Bonchev–Trinajstić information content (AvgIpc) is 3.33. The highest BCUT2D eigenvalue weighted by molar-refractivity contribution is 5.82. The third kappa shape index (κ3) is 3.69. The van der Waals surface area contributed by atoms with Crippen molar-refractivity contribution >= 4 is 22.6 Å². The predicted octanol–water partition coefficient (Wildman–Crippen LogP) is 2.38. The molecule has 4 aromatic rings. The number of hydrogen-bond acceptors (Lipinski definition) is 6. The smallest absolute Gasteiger partial charge is 0.261 e. The molecule has 2 aromatic heterocycles. The number of aromatic nitrogens is 4. The van der Waals surface area contributed by atoms with Gasteiger partial charge in [0.25, 0.3) is 5.91 Å². The molecular weight excluding hydrogens is 344 g/mol. The van der Waals surface area contributed by atoms with Crippen LogP contribution in [0.3, 0.4) is 0 Å². The van der Waals surface area contributed by atoms with E-state index in [2.05, 4.69) is 32.8 Å². The molecule has 0 aliphatic rings. The van der Waals surface area contributed by atoms with Crippen molar-refractivity contribution in [3.63, 3.8) is 0 Å². The molecule has 8 heteroatoms. The van der Waals surface area contributed by atoms with E-state index in [0.29, 0.717) is 17.3 Å². The number of nitrogens with one attached hydrogen (secondary N) is 2. The first-order valence-corrected chi connectivity index (χ1v) is 8.25. The van der Waals surface area contributed by atoms with Crippen molar-refractivity contribution in [2.24, 2.45) is 0 Å². The first-order chi connectivity index (χ1) is 13.2. The number of rotatable bonds is 6. The number of tetrazole rings is 1. The molecule has 0 saturated heterocycles. The van der Waals surface area contributed by atoms with Gasteiger partial charge in [0, 0.05) is 10.9 Å². The summed E-state index contributed by atoms with van der Waals surface area (Å²) in [6.07, 6.45) is 0. The molecule has 0 spiro atoms. The molecule has 0 aliphatic carbocycles. The molecule has 27 heavy (non-hydrogen) atoms. The van der Waals surface area contributed by atoms with Gasteiger partial charge in [-0.25, -0.2) is 0 Å². The Balaban J connectivity index is 1.34. The molecule has 1 amide bonds. The Bertz CT molecular complexity index is 1070. The quantitative estimate of drug-likeness (QED) is 0.512. The number of benzene rings is 2. The molecule has 0 bridgehead atoms. The van der Waals surface area contributed by atoms with Gasteiger partial charge in [-0.2, -0.15) is 4.80 Å². The third-order valence-corrected chi connectivity index (χ3v) is 3.85. The molecule has 8 nitrogen and oxygen atoms in total. The van der Waals surface area contributed by atoms with Gasteiger partial charge in [0.05, 0.1) is 5.70 Å². The monoisotopic (exact) mass is 360 g/mol. The molecule has 134 valence electrons. The van der Waals surface area contributed by atoms with Gasteiger partial charge >= 0.3 is 0 Å². The van der Waals surface area contributed by atoms with Gasteiger partial charge in [-0.1, -0.05) is 55.1 Å². The lowest BCUT2D eigenvalue weighted by Gasteiger charge is -2.08. The SMILES string of the molecule is C=C(NNC(=O)Cn1nnc(-c2ccccc2)n1)c1cc2ccccc2o1. The maximum absolute atomic E-state index is 12.1.